The van der Waals surface area contributed by atoms with Gasteiger partial charge in [0.1, 0.15) is 22.9 Å². The lowest BCUT2D eigenvalue weighted by Crippen LogP contribution is -2.53. The molecule has 22 heavy (non-hydrogen) atoms. The van der Waals surface area contributed by atoms with Gasteiger partial charge < -0.3 is 20.1 Å². The van der Waals surface area contributed by atoms with Crippen LogP contribution >= 0.6 is 11.8 Å². The van der Waals surface area contributed by atoms with Crippen LogP contribution in [0.25, 0.3) is 0 Å². The minimum absolute atomic E-state index is 0.141. The molecule has 0 saturated carbocycles. The summed E-state index contributed by atoms with van der Waals surface area (Å²) < 4.78 is 32.4. The summed E-state index contributed by atoms with van der Waals surface area (Å²) in [7, 11) is -1.60. The van der Waals surface area contributed by atoms with E-state index in [-0.39, 0.29) is 23.6 Å². The highest BCUT2D eigenvalue weighted by atomic mass is 32.2. The average Bonchev–Trinajstić information content (AvgIpc) is 2.40. The lowest BCUT2D eigenvalue weighted by Gasteiger charge is -2.29. The molecule has 118 valence electrons. The lowest BCUT2D eigenvalue weighted by molar-refractivity contribution is -0.118. The average molecular weight is 331 g/mol. The van der Waals surface area contributed by atoms with E-state index in [1.807, 2.05) is 0 Å². The highest BCUT2D eigenvalue weighted by Crippen LogP contribution is 2.34. The highest BCUT2D eigenvalue weighted by molar-refractivity contribution is 7.99. The Balaban J connectivity index is 2.35. The van der Waals surface area contributed by atoms with Crippen LogP contribution in [0.3, 0.4) is 0 Å². The van der Waals surface area contributed by atoms with E-state index in [9.17, 15) is 23.4 Å². The molecule has 0 bridgehead atoms. The summed E-state index contributed by atoms with van der Waals surface area (Å²) in [5, 5.41) is 21.3. The molecule has 6 nitrogen and oxygen atoms in total. The van der Waals surface area contributed by atoms with Gasteiger partial charge >= 0.3 is 13.1 Å². The molecule has 0 fully saturated rings. The van der Waals surface area contributed by atoms with Gasteiger partial charge in [-0.3, -0.25) is 4.79 Å². The molecule has 1 aliphatic heterocycles. The first-order valence-corrected chi connectivity index (χ1v) is 7.61. The molecule has 0 radical (unpaired) electrons. The number of carboxylic acid groups (broad SMARTS) is 1. The number of carboxylic acids is 1. The summed E-state index contributed by atoms with van der Waals surface area (Å²) in [6.07, 6.45) is 1.51. The third kappa shape index (κ3) is 3.17. The third-order valence-corrected chi connectivity index (χ3v) is 3.68. The van der Waals surface area contributed by atoms with Gasteiger partial charge in [0.05, 0.1) is 11.7 Å². The SMILES string of the molecule is CSCC(=O)NC1Cc2c(F)cc(F)c(C(=O)O)c2OB1O. The molecule has 0 aromatic heterocycles. The van der Waals surface area contributed by atoms with Crippen LogP contribution < -0.4 is 9.97 Å². The van der Waals surface area contributed by atoms with Gasteiger partial charge in [0.25, 0.3) is 0 Å². The molecule has 1 atom stereocenters. The van der Waals surface area contributed by atoms with E-state index in [4.69, 9.17) is 9.76 Å². The first-order chi connectivity index (χ1) is 10.3. The van der Waals surface area contributed by atoms with Gasteiger partial charge in [0.2, 0.25) is 5.91 Å². The van der Waals surface area contributed by atoms with Crippen molar-refractivity contribution in [2.75, 3.05) is 12.0 Å². The van der Waals surface area contributed by atoms with Crippen molar-refractivity contribution in [1.29, 1.82) is 0 Å². The first kappa shape index (κ1) is 16.6. The number of amides is 1. The molecule has 0 spiro atoms. The number of carbonyl (C=O) groups excluding carboxylic acids is 1. The molecule has 1 aromatic carbocycles. The van der Waals surface area contributed by atoms with E-state index in [1.54, 1.807) is 6.26 Å². The molecular formula is C12H12BF2NO5S. The third-order valence-electron chi connectivity index (χ3n) is 3.12. The van der Waals surface area contributed by atoms with Gasteiger partial charge in [-0.25, -0.2) is 13.6 Å². The van der Waals surface area contributed by atoms with Gasteiger partial charge in [0.15, 0.2) is 0 Å². The van der Waals surface area contributed by atoms with Crippen molar-refractivity contribution in [2.24, 2.45) is 0 Å². The number of halogens is 2. The smallest absolute Gasteiger partial charge is 0.534 e. The number of hydrogen-bond acceptors (Lipinski definition) is 5. The number of fused-ring (bicyclic) bond motifs is 1. The van der Waals surface area contributed by atoms with Crippen molar-refractivity contribution in [3.05, 3.63) is 28.8 Å². The van der Waals surface area contributed by atoms with Gasteiger partial charge in [-0.2, -0.15) is 11.8 Å². The zero-order valence-electron chi connectivity index (χ0n) is 11.4. The van der Waals surface area contributed by atoms with Gasteiger partial charge in [-0.15, -0.1) is 0 Å². The molecule has 10 heteroatoms. The molecule has 3 N–H and O–H groups in total. The summed E-state index contributed by atoms with van der Waals surface area (Å²) in [4.78, 5) is 22.6. The van der Waals surface area contributed by atoms with Crippen LogP contribution in [0.4, 0.5) is 8.78 Å². The van der Waals surface area contributed by atoms with Crippen molar-refractivity contribution in [2.45, 2.75) is 12.4 Å². The van der Waals surface area contributed by atoms with Crippen LogP contribution in [0.15, 0.2) is 6.07 Å². The maximum atomic E-state index is 13.9. The number of hydrogen-bond donors (Lipinski definition) is 3. The Labute approximate surface area is 129 Å². The second-order valence-corrected chi connectivity index (χ2v) is 5.51. The number of thioether (sulfide) groups is 1. The first-order valence-electron chi connectivity index (χ1n) is 6.22. The minimum atomic E-state index is -1.63. The van der Waals surface area contributed by atoms with Gasteiger partial charge in [0, 0.05) is 11.6 Å². The van der Waals surface area contributed by atoms with Crippen molar-refractivity contribution in [1.82, 2.24) is 5.32 Å². The molecule has 2 rings (SSSR count). The molecule has 1 heterocycles. The van der Waals surface area contributed by atoms with Crippen molar-refractivity contribution < 1.29 is 33.2 Å². The van der Waals surface area contributed by atoms with Crippen LogP contribution in [-0.2, 0) is 11.2 Å². The normalized spacial score (nSPS) is 16.7. The predicted octanol–water partition coefficient (Wildman–Crippen LogP) is 0.465. The molecular weight excluding hydrogens is 319 g/mol. The number of nitrogens with one attached hydrogen (secondary N) is 1. The summed E-state index contributed by atoms with van der Waals surface area (Å²) >= 11 is 1.26. The summed E-state index contributed by atoms with van der Waals surface area (Å²) in [6, 6.07) is 0.449. The van der Waals surface area contributed by atoms with Gasteiger partial charge in [-0.05, 0) is 12.7 Å². The standard InChI is InChI=1S/C12H12BF2NO5S/c1-22-4-9(17)16-8-2-5-6(14)3-7(15)10(12(18)19)11(5)21-13(8)20/h3,8,20H,2,4H2,1H3,(H,16,17)(H,18,19). The Bertz CT molecular complexity index is 630. The van der Waals surface area contributed by atoms with E-state index in [0.29, 0.717) is 6.07 Å². The molecule has 1 aromatic rings. The summed E-state index contributed by atoms with van der Waals surface area (Å²) in [5.74, 6) is -5.66. The van der Waals surface area contributed by atoms with Crippen molar-refractivity contribution >= 4 is 30.8 Å². The Morgan fingerprint density at radius 3 is 2.77 bits per heavy atom. The minimum Gasteiger partial charge on any atom is -0.534 e. The Hall–Kier alpha value is -1.81. The lowest BCUT2D eigenvalue weighted by atomic mass is 9.72. The molecule has 0 aliphatic carbocycles. The maximum absolute atomic E-state index is 13.9. The summed E-state index contributed by atoms with van der Waals surface area (Å²) in [6.45, 7) is 0. The topological polar surface area (TPSA) is 95.9 Å². The van der Waals surface area contributed by atoms with Crippen LogP contribution in [0, 0.1) is 11.6 Å². The van der Waals surface area contributed by atoms with E-state index in [1.165, 1.54) is 11.8 Å². The van der Waals surface area contributed by atoms with Crippen LogP contribution in [0.2, 0.25) is 0 Å². The quantitative estimate of drug-likeness (QED) is 0.694. The highest BCUT2D eigenvalue weighted by Gasteiger charge is 2.40. The van der Waals surface area contributed by atoms with E-state index >= 15 is 0 Å². The molecule has 1 aliphatic rings. The van der Waals surface area contributed by atoms with Crippen molar-refractivity contribution in [3.63, 3.8) is 0 Å². The molecule has 1 amide bonds. The fourth-order valence-electron chi connectivity index (χ4n) is 2.18. The van der Waals surface area contributed by atoms with Crippen molar-refractivity contribution in [3.8, 4) is 5.75 Å². The van der Waals surface area contributed by atoms with Crippen LogP contribution in [0.1, 0.15) is 15.9 Å². The summed E-state index contributed by atoms with van der Waals surface area (Å²) in [5.41, 5.74) is -1.04. The van der Waals surface area contributed by atoms with E-state index in [0.717, 1.165) is 0 Å². The van der Waals surface area contributed by atoms with Gasteiger partial charge in [-0.1, -0.05) is 0 Å². The fraction of sp³-hybridized carbons (Fsp3) is 0.333. The largest absolute Gasteiger partial charge is 0.547 e. The second-order valence-electron chi connectivity index (χ2n) is 4.65. The molecule has 0 saturated heterocycles. The van der Waals surface area contributed by atoms with Crippen LogP contribution in [0.5, 0.6) is 5.75 Å². The zero-order valence-corrected chi connectivity index (χ0v) is 12.2. The second kappa shape index (κ2) is 6.53. The fourth-order valence-corrected chi connectivity index (χ4v) is 2.53. The Morgan fingerprint density at radius 2 is 2.18 bits per heavy atom. The predicted molar refractivity (Wildman–Crippen MR) is 75.9 cm³/mol. The maximum Gasteiger partial charge on any atom is 0.547 e. The number of rotatable bonds is 4. The van der Waals surface area contributed by atoms with E-state index < -0.39 is 42.0 Å². The zero-order chi connectivity index (χ0) is 16.4. The Kier molecular flexibility index (Phi) is 4.92. The number of benzene rings is 1. The monoisotopic (exact) mass is 331 g/mol. The molecule has 1 unspecified atom stereocenters. The number of aromatic carboxylic acids is 1. The number of carbonyl (C=O) groups is 2. The van der Waals surface area contributed by atoms with E-state index in [2.05, 4.69) is 5.32 Å². The Morgan fingerprint density at radius 1 is 1.50 bits per heavy atom. The van der Waals surface area contributed by atoms with Crippen LogP contribution in [-0.4, -0.2) is 47.1 Å².